The molecule has 1 unspecified atom stereocenters. The molecule has 0 saturated carbocycles. The summed E-state index contributed by atoms with van der Waals surface area (Å²) in [6.45, 7) is 0.813. The lowest BCUT2D eigenvalue weighted by Crippen LogP contribution is -2.49. The molecular weight excluding hydrogens is 330 g/mol. The summed E-state index contributed by atoms with van der Waals surface area (Å²) in [5.41, 5.74) is 0.291. The molecule has 2 amide bonds. The van der Waals surface area contributed by atoms with E-state index in [0.717, 1.165) is 24.5 Å². The van der Waals surface area contributed by atoms with Gasteiger partial charge in [-0.3, -0.25) is 19.6 Å². The maximum Gasteiger partial charge on any atom is 0.255 e. The molecule has 0 aromatic carbocycles. The average Bonchev–Trinajstić information content (AvgIpc) is 2.61. The number of pyridine rings is 2. The van der Waals surface area contributed by atoms with Gasteiger partial charge in [0.2, 0.25) is 0 Å². The normalized spacial score (nSPS) is 17.2. The minimum Gasteiger partial charge on any atom is -0.347 e. The SMILES string of the molecule is O=C(NC1CCCN(C(=O)c2cncc(F)c2)C1)c1cncc(F)c1. The average molecular weight is 346 g/mol. The third-order valence-corrected chi connectivity index (χ3v) is 3.96. The van der Waals surface area contributed by atoms with E-state index < -0.39 is 17.5 Å². The summed E-state index contributed by atoms with van der Waals surface area (Å²) in [5, 5.41) is 2.78. The maximum absolute atomic E-state index is 13.2. The van der Waals surface area contributed by atoms with Crippen molar-refractivity contribution in [1.82, 2.24) is 20.2 Å². The summed E-state index contributed by atoms with van der Waals surface area (Å²) in [4.78, 5) is 33.5. The van der Waals surface area contributed by atoms with E-state index in [9.17, 15) is 18.4 Å². The van der Waals surface area contributed by atoms with Crippen LogP contribution in [0, 0.1) is 11.6 Å². The number of aromatic nitrogens is 2. The Morgan fingerprint density at radius 1 is 1.04 bits per heavy atom. The van der Waals surface area contributed by atoms with Gasteiger partial charge in [0.25, 0.3) is 11.8 Å². The van der Waals surface area contributed by atoms with Crippen molar-refractivity contribution in [3.63, 3.8) is 0 Å². The van der Waals surface area contributed by atoms with Gasteiger partial charge in [-0.2, -0.15) is 0 Å². The number of nitrogens with one attached hydrogen (secondary N) is 1. The van der Waals surface area contributed by atoms with Crippen molar-refractivity contribution < 1.29 is 18.4 Å². The van der Waals surface area contributed by atoms with E-state index in [0.29, 0.717) is 25.9 Å². The Morgan fingerprint density at radius 2 is 1.68 bits per heavy atom. The number of hydrogen-bond acceptors (Lipinski definition) is 4. The quantitative estimate of drug-likeness (QED) is 0.919. The van der Waals surface area contributed by atoms with Gasteiger partial charge in [-0.25, -0.2) is 8.78 Å². The zero-order valence-corrected chi connectivity index (χ0v) is 13.3. The number of rotatable bonds is 3. The second-order valence-electron chi connectivity index (χ2n) is 5.85. The highest BCUT2D eigenvalue weighted by Crippen LogP contribution is 2.15. The van der Waals surface area contributed by atoms with Gasteiger partial charge in [0, 0.05) is 31.5 Å². The molecule has 6 nitrogen and oxygen atoms in total. The van der Waals surface area contributed by atoms with Gasteiger partial charge in [-0.1, -0.05) is 0 Å². The van der Waals surface area contributed by atoms with E-state index in [1.54, 1.807) is 4.90 Å². The third-order valence-electron chi connectivity index (χ3n) is 3.96. The van der Waals surface area contributed by atoms with Gasteiger partial charge in [0.1, 0.15) is 11.6 Å². The first kappa shape index (κ1) is 16.9. The Kier molecular flexibility index (Phi) is 4.97. The van der Waals surface area contributed by atoms with Gasteiger partial charge in [-0.15, -0.1) is 0 Å². The summed E-state index contributed by atoms with van der Waals surface area (Å²) in [5.74, 6) is -1.95. The summed E-state index contributed by atoms with van der Waals surface area (Å²) < 4.78 is 26.4. The molecule has 0 bridgehead atoms. The lowest BCUT2D eigenvalue weighted by molar-refractivity contribution is 0.0675. The fourth-order valence-electron chi connectivity index (χ4n) is 2.80. The van der Waals surface area contributed by atoms with E-state index in [2.05, 4.69) is 15.3 Å². The Hall–Kier alpha value is -2.90. The van der Waals surface area contributed by atoms with E-state index in [1.807, 2.05) is 0 Å². The number of nitrogens with zero attached hydrogens (tertiary/aromatic N) is 3. The third kappa shape index (κ3) is 4.14. The fourth-order valence-corrected chi connectivity index (χ4v) is 2.80. The van der Waals surface area contributed by atoms with Crippen molar-refractivity contribution in [2.75, 3.05) is 13.1 Å². The molecule has 130 valence electrons. The van der Waals surface area contributed by atoms with Gasteiger partial charge in [0.05, 0.1) is 23.5 Å². The van der Waals surface area contributed by atoms with Gasteiger partial charge in [-0.05, 0) is 25.0 Å². The number of carbonyl (C=O) groups is 2. The molecule has 0 aliphatic carbocycles. The van der Waals surface area contributed by atoms with Gasteiger partial charge in [0.15, 0.2) is 0 Å². The second-order valence-corrected chi connectivity index (χ2v) is 5.85. The van der Waals surface area contributed by atoms with Crippen molar-refractivity contribution in [2.45, 2.75) is 18.9 Å². The first-order chi connectivity index (χ1) is 12.0. The maximum atomic E-state index is 13.2. The molecule has 2 aromatic heterocycles. The first-order valence-electron chi connectivity index (χ1n) is 7.84. The molecule has 2 aromatic rings. The first-order valence-corrected chi connectivity index (χ1v) is 7.84. The molecule has 1 fully saturated rings. The number of carbonyl (C=O) groups excluding carboxylic acids is 2. The summed E-state index contributed by atoms with van der Waals surface area (Å²) in [7, 11) is 0. The Bertz CT molecular complexity index is 800. The number of hydrogen-bond donors (Lipinski definition) is 1. The van der Waals surface area contributed by atoms with Crippen LogP contribution in [-0.2, 0) is 0 Å². The highest BCUT2D eigenvalue weighted by molar-refractivity contribution is 5.95. The Balaban J connectivity index is 1.65. The molecule has 1 aliphatic rings. The smallest absolute Gasteiger partial charge is 0.255 e. The van der Waals surface area contributed by atoms with Crippen LogP contribution in [0.2, 0.25) is 0 Å². The number of halogens is 2. The van der Waals surface area contributed by atoms with Crippen LogP contribution in [0.4, 0.5) is 8.78 Å². The van der Waals surface area contributed by atoms with Crippen LogP contribution in [-0.4, -0.2) is 45.8 Å². The van der Waals surface area contributed by atoms with Gasteiger partial charge >= 0.3 is 0 Å². The summed E-state index contributed by atoms with van der Waals surface area (Å²) >= 11 is 0. The van der Waals surface area contributed by atoms with Crippen LogP contribution in [0.1, 0.15) is 33.6 Å². The number of likely N-dealkylation sites (tertiary alicyclic amines) is 1. The summed E-state index contributed by atoms with van der Waals surface area (Å²) in [6.07, 6.45) is 6.03. The second kappa shape index (κ2) is 7.33. The van der Waals surface area contributed by atoms with Crippen LogP contribution in [0.3, 0.4) is 0 Å². The van der Waals surface area contributed by atoms with Crippen molar-refractivity contribution in [2.24, 2.45) is 0 Å². The van der Waals surface area contributed by atoms with E-state index >= 15 is 0 Å². The molecule has 0 radical (unpaired) electrons. The van der Waals surface area contributed by atoms with Crippen molar-refractivity contribution >= 4 is 11.8 Å². The molecule has 25 heavy (non-hydrogen) atoms. The van der Waals surface area contributed by atoms with E-state index in [-0.39, 0.29) is 23.1 Å². The Labute approximate surface area is 142 Å². The van der Waals surface area contributed by atoms with E-state index in [1.165, 1.54) is 12.4 Å². The topological polar surface area (TPSA) is 75.2 Å². The zero-order valence-electron chi connectivity index (χ0n) is 13.3. The molecule has 0 spiro atoms. The van der Waals surface area contributed by atoms with E-state index in [4.69, 9.17) is 0 Å². The number of piperidine rings is 1. The lowest BCUT2D eigenvalue weighted by Gasteiger charge is -2.33. The van der Waals surface area contributed by atoms with Crippen molar-refractivity contribution in [3.8, 4) is 0 Å². The molecular formula is C17H16F2N4O2. The molecule has 1 N–H and O–H groups in total. The minimum absolute atomic E-state index is 0.123. The fraction of sp³-hybridized carbons (Fsp3) is 0.294. The predicted molar refractivity (Wildman–Crippen MR) is 84.8 cm³/mol. The number of amides is 2. The Morgan fingerprint density at radius 3 is 2.36 bits per heavy atom. The molecule has 8 heteroatoms. The predicted octanol–water partition coefficient (Wildman–Crippen LogP) is 1.79. The standard InChI is InChI=1S/C17H16F2N4O2/c18-13-4-11(6-20-8-13)16(24)22-15-2-1-3-23(10-15)17(25)12-5-14(19)9-21-7-12/h4-9,15H,1-3,10H2,(H,22,24). The molecule has 1 saturated heterocycles. The van der Waals surface area contributed by atoms with Crippen LogP contribution in [0.5, 0.6) is 0 Å². The highest BCUT2D eigenvalue weighted by Gasteiger charge is 2.26. The van der Waals surface area contributed by atoms with Crippen LogP contribution >= 0.6 is 0 Å². The van der Waals surface area contributed by atoms with Gasteiger partial charge < -0.3 is 10.2 Å². The molecule has 3 rings (SSSR count). The molecule has 1 atom stereocenters. The van der Waals surface area contributed by atoms with Crippen LogP contribution in [0.15, 0.2) is 36.9 Å². The lowest BCUT2D eigenvalue weighted by atomic mass is 10.0. The molecule has 3 heterocycles. The summed E-state index contributed by atoms with van der Waals surface area (Å²) in [6, 6.07) is 1.97. The minimum atomic E-state index is -0.591. The largest absolute Gasteiger partial charge is 0.347 e. The van der Waals surface area contributed by atoms with Crippen molar-refractivity contribution in [1.29, 1.82) is 0 Å². The zero-order chi connectivity index (χ0) is 17.8. The molecule has 1 aliphatic heterocycles. The highest BCUT2D eigenvalue weighted by atomic mass is 19.1. The van der Waals surface area contributed by atoms with Crippen molar-refractivity contribution in [3.05, 3.63) is 59.7 Å². The van der Waals surface area contributed by atoms with Crippen LogP contribution in [0.25, 0.3) is 0 Å². The van der Waals surface area contributed by atoms with Crippen LogP contribution < -0.4 is 5.32 Å². The monoisotopic (exact) mass is 346 g/mol.